The van der Waals surface area contributed by atoms with Gasteiger partial charge in [-0.25, -0.2) is 4.79 Å². The van der Waals surface area contributed by atoms with Crippen LogP contribution >= 0.6 is 34.4 Å². The van der Waals surface area contributed by atoms with E-state index in [0.29, 0.717) is 22.8 Å². The number of benzene rings is 2. The predicted molar refractivity (Wildman–Crippen MR) is 118 cm³/mol. The van der Waals surface area contributed by atoms with E-state index in [1.165, 1.54) is 0 Å². The highest BCUT2D eigenvalue weighted by Gasteiger charge is 2.34. The van der Waals surface area contributed by atoms with Gasteiger partial charge in [0.05, 0.1) is 23.7 Å². The van der Waals surface area contributed by atoms with E-state index in [9.17, 15) is 14.4 Å². The largest absolute Gasteiger partial charge is 0.462 e. The quantitative estimate of drug-likeness (QED) is 0.350. The van der Waals surface area contributed by atoms with Gasteiger partial charge >= 0.3 is 5.97 Å². The minimum Gasteiger partial charge on any atom is -0.462 e. The summed E-state index contributed by atoms with van der Waals surface area (Å²) in [5, 5.41) is 2.71. The third-order valence-electron chi connectivity index (χ3n) is 3.90. The fourth-order valence-corrected chi connectivity index (χ4v) is 3.85. The minimum absolute atomic E-state index is 0.0483. The number of anilines is 1. The Labute approximate surface area is 180 Å². The van der Waals surface area contributed by atoms with Crippen LogP contribution in [0.25, 0.3) is 6.08 Å². The number of imide groups is 1. The topological polar surface area (TPSA) is 75.7 Å². The molecule has 1 fully saturated rings. The van der Waals surface area contributed by atoms with Crippen LogP contribution in [0, 0.1) is 3.57 Å². The monoisotopic (exact) mass is 508 g/mol. The van der Waals surface area contributed by atoms with Crippen molar-refractivity contribution in [2.75, 3.05) is 18.6 Å². The van der Waals surface area contributed by atoms with Crippen LogP contribution in [-0.4, -0.2) is 35.3 Å². The first-order valence-electron chi connectivity index (χ1n) is 8.50. The summed E-state index contributed by atoms with van der Waals surface area (Å²) in [7, 11) is 0. The Morgan fingerprint density at radius 1 is 1.18 bits per heavy atom. The lowest BCUT2D eigenvalue weighted by Gasteiger charge is -2.14. The maximum Gasteiger partial charge on any atom is 0.338 e. The number of hydrogen-bond acceptors (Lipinski definition) is 6. The van der Waals surface area contributed by atoms with E-state index in [-0.39, 0.29) is 23.8 Å². The molecule has 2 aromatic carbocycles. The zero-order valence-corrected chi connectivity index (χ0v) is 18.0. The molecule has 8 heteroatoms. The van der Waals surface area contributed by atoms with Crippen LogP contribution in [0.5, 0.6) is 0 Å². The SMILES string of the molecule is CCOC(=O)c1ccc(NCN2C(=O)SC(=Cc3ccccc3I)C2=O)cc1. The zero-order valence-electron chi connectivity index (χ0n) is 15.0. The molecule has 0 bridgehead atoms. The molecule has 1 N–H and O–H groups in total. The molecule has 2 amide bonds. The van der Waals surface area contributed by atoms with E-state index in [1.807, 2.05) is 24.3 Å². The molecule has 1 aliphatic heterocycles. The van der Waals surface area contributed by atoms with Crippen LogP contribution in [0.2, 0.25) is 0 Å². The highest BCUT2D eigenvalue weighted by atomic mass is 127. The lowest BCUT2D eigenvalue weighted by molar-refractivity contribution is -0.122. The molecule has 1 heterocycles. The van der Waals surface area contributed by atoms with Crippen LogP contribution in [0.15, 0.2) is 53.4 Å². The number of carbonyl (C=O) groups is 3. The molecule has 1 saturated heterocycles. The van der Waals surface area contributed by atoms with Crippen molar-refractivity contribution in [1.82, 2.24) is 4.90 Å². The molecule has 0 unspecified atom stereocenters. The van der Waals surface area contributed by atoms with Crippen LogP contribution < -0.4 is 5.32 Å². The van der Waals surface area contributed by atoms with Crippen LogP contribution in [0.3, 0.4) is 0 Å². The van der Waals surface area contributed by atoms with E-state index in [1.54, 1.807) is 37.3 Å². The molecule has 0 radical (unpaired) electrons. The molecule has 3 rings (SSSR count). The van der Waals surface area contributed by atoms with Crippen molar-refractivity contribution in [3.05, 3.63) is 68.1 Å². The highest BCUT2D eigenvalue weighted by molar-refractivity contribution is 14.1. The van der Waals surface area contributed by atoms with Gasteiger partial charge in [-0.05, 0) is 83.2 Å². The Bertz CT molecular complexity index is 943. The number of thioether (sulfide) groups is 1. The molecule has 144 valence electrons. The molecule has 0 saturated carbocycles. The van der Waals surface area contributed by atoms with Crippen molar-refractivity contribution in [2.45, 2.75) is 6.92 Å². The number of rotatable bonds is 6. The second-order valence-electron chi connectivity index (χ2n) is 5.76. The number of amides is 2. The fourth-order valence-electron chi connectivity index (χ4n) is 2.48. The van der Waals surface area contributed by atoms with Gasteiger partial charge in [-0.3, -0.25) is 14.5 Å². The van der Waals surface area contributed by atoms with E-state index in [4.69, 9.17) is 4.74 Å². The normalized spacial score (nSPS) is 15.2. The van der Waals surface area contributed by atoms with E-state index in [2.05, 4.69) is 27.9 Å². The number of carbonyl (C=O) groups excluding carboxylic acids is 3. The molecular formula is C20H17IN2O4S. The number of halogens is 1. The smallest absolute Gasteiger partial charge is 0.338 e. The fraction of sp³-hybridized carbons (Fsp3) is 0.150. The Morgan fingerprint density at radius 2 is 1.89 bits per heavy atom. The van der Waals surface area contributed by atoms with Crippen molar-refractivity contribution in [1.29, 1.82) is 0 Å². The van der Waals surface area contributed by atoms with Gasteiger partial charge in [-0.2, -0.15) is 0 Å². The molecule has 0 aliphatic carbocycles. The summed E-state index contributed by atoms with van der Waals surface area (Å²) in [6.07, 6.45) is 1.74. The van der Waals surface area contributed by atoms with Crippen molar-refractivity contribution < 1.29 is 19.1 Å². The maximum atomic E-state index is 12.6. The summed E-state index contributed by atoms with van der Waals surface area (Å²) in [6.45, 7) is 2.11. The lowest BCUT2D eigenvalue weighted by atomic mass is 10.2. The van der Waals surface area contributed by atoms with Gasteiger partial charge in [0.2, 0.25) is 0 Å². The maximum absolute atomic E-state index is 12.6. The number of ether oxygens (including phenoxy) is 1. The van der Waals surface area contributed by atoms with Gasteiger partial charge in [0, 0.05) is 9.26 Å². The molecule has 28 heavy (non-hydrogen) atoms. The Kier molecular flexibility index (Phi) is 6.74. The standard InChI is InChI=1S/C20H17IN2O4S/c1-2-27-19(25)13-7-9-15(10-8-13)22-12-23-18(24)17(28-20(23)26)11-14-5-3-4-6-16(14)21/h3-11,22H,2,12H2,1H3. The zero-order chi connectivity index (χ0) is 20.1. The average molecular weight is 508 g/mol. The van der Waals surface area contributed by atoms with Crippen LogP contribution in [0.4, 0.5) is 10.5 Å². The van der Waals surface area contributed by atoms with Gasteiger partial charge in [-0.1, -0.05) is 18.2 Å². The van der Waals surface area contributed by atoms with E-state index in [0.717, 1.165) is 25.8 Å². The summed E-state index contributed by atoms with van der Waals surface area (Å²) >= 11 is 3.12. The summed E-state index contributed by atoms with van der Waals surface area (Å²) < 4.78 is 5.95. The molecule has 0 aromatic heterocycles. The summed E-state index contributed by atoms with van der Waals surface area (Å²) in [4.78, 5) is 38.0. The van der Waals surface area contributed by atoms with Gasteiger partial charge in [-0.15, -0.1) is 0 Å². The number of nitrogens with zero attached hydrogens (tertiary/aromatic N) is 1. The highest BCUT2D eigenvalue weighted by Crippen LogP contribution is 2.32. The van der Waals surface area contributed by atoms with Crippen LogP contribution in [-0.2, 0) is 9.53 Å². The first-order valence-corrected chi connectivity index (χ1v) is 10.4. The van der Waals surface area contributed by atoms with Gasteiger partial charge < -0.3 is 10.1 Å². The Morgan fingerprint density at radius 3 is 2.57 bits per heavy atom. The van der Waals surface area contributed by atoms with Crippen molar-refractivity contribution in [2.24, 2.45) is 0 Å². The van der Waals surface area contributed by atoms with E-state index >= 15 is 0 Å². The predicted octanol–water partition coefficient (Wildman–Crippen LogP) is 4.57. The Balaban J connectivity index is 1.65. The second-order valence-corrected chi connectivity index (χ2v) is 7.92. The lowest BCUT2D eigenvalue weighted by Crippen LogP contribution is -2.33. The summed E-state index contributed by atoms with van der Waals surface area (Å²) in [6, 6.07) is 14.3. The first-order chi connectivity index (χ1) is 13.5. The molecule has 1 aliphatic rings. The van der Waals surface area contributed by atoms with Crippen molar-refractivity contribution >= 4 is 63.2 Å². The number of esters is 1. The third kappa shape index (κ3) is 4.74. The molecule has 2 aromatic rings. The third-order valence-corrected chi connectivity index (χ3v) is 5.79. The Hall–Kier alpha value is -2.33. The van der Waals surface area contributed by atoms with Gasteiger partial charge in [0.1, 0.15) is 0 Å². The number of nitrogens with one attached hydrogen (secondary N) is 1. The molecule has 0 atom stereocenters. The average Bonchev–Trinajstić information content (AvgIpc) is 2.95. The molecular weight excluding hydrogens is 491 g/mol. The molecule has 6 nitrogen and oxygen atoms in total. The first kappa shape index (κ1) is 20.4. The van der Waals surface area contributed by atoms with Crippen molar-refractivity contribution in [3.8, 4) is 0 Å². The number of hydrogen-bond donors (Lipinski definition) is 1. The van der Waals surface area contributed by atoms with Gasteiger partial charge in [0.15, 0.2) is 0 Å². The van der Waals surface area contributed by atoms with Crippen LogP contribution in [0.1, 0.15) is 22.8 Å². The van der Waals surface area contributed by atoms with Crippen molar-refractivity contribution in [3.63, 3.8) is 0 Å². The molecule has 0 spiro atoms. The minimum atomic E-state index is -0.388. The summed E-state index contributed by atoms with van der Waals surface area (Å²) in [5.74, 6) is -0.717. The van der Waals surface area contributed by atoms with Gasteiger partial charge in [0.25, 0.3) is 11.1 Å². The second kappa shape index (κ2) is 9.24. The van der Waals surface area contributed by atoms with E-state index < -0.39 is 0 Å². The summed E-state index contributed by atoms with van der Waals surface area (Å²) in [5.41, 5.74) is 2.03.